The topological polar surface area (TPSA) is 75.4 Å². The molecule has 10 heteroatoms. The minimum atomic E-state index is -4.37. The summed E-state index contributed by atoms with van der Waals surface area (Å²) in [5.74, 6) is 1.00. The Morgan fingerprint density at radius 2 is 1.97 bits per heavy atom. The van der Waals surface area contributed by atoms with Crippen LogP contribution in [0.1, 0.15) is 30.0 Å². The first-order chi connectivity index (χ1) is 16.4. The van der Waals surface area contributed by atoms with Gasteiger partial charge in [-0.15, -0.1) is 0 Å². The van der Waals surface area contributed by atoms with Crippen LogP contribution in [0, 0.1) is 5.92 Å². The minimum Gasteiger partial charge on any atom is -0.392 e. The molecule has 0 spiro atoms. The molecule has 2 aliphatic rings. The molecule has 1 aromatic carbocycles. The van der Waals surface area contributed by atoms with E-state index in [1.54, 1.807) is 0 Å². The Kier molecular flexibility index (Phi) is 6.46. The van der Waals surface area contributed by atoms with Crippen LogP contribution in [0.2, 0.25) is 0 Å². The predicted molar refractivity (Wildman–Crippen MR) is 121 cm³/mol. The van der Waals surface area contributed by atoms with E-state index in [-0.39, 0.29) is 18.1 Å². The standard InChI is InChI=1S/C24H28F3N5O2/c25-24(26,27)18-3-1-16(2-4-18)20-14-34-12-11-32(20)23-19-7-10-31(22(19)29-15-30-23)9-6-17-5-8-28-13-21(17)33/h1-4,7,10,15,17,20-21,28,33H,5-6,8-9,11-14H2/t17-,20+,21+/m0/s1. The number of β-amino-alcohol motifs (C(OH)–C–C–N with tert-alkyl or cyclic N) is 1. The van der Waals surface area contributed by atoms with Crippen LogP contribution in [0.3, 0.4) is 0 Å². The number of aliphatic hydroxyl groups excluding tert-OH is 1. The van der Waals surface area contributed by atoms with E-state index in [0.29, 0.717) is 26.3 Å². The highest BCUT2D eigenvalue weighted by molar-refractivity contribution is 5.88. The summed E-state index contributed by atoms with van der Waals surface area (Å²) in [6.07, 6.45) is 0.628. The van der Waals surface area contributed by atoms with Crippen molar-refractivity contribution in [2.75, 3.05) is 37.7 Å². The van der Waals surface area contributed by atoms with Gasteiger partial charge in [-0.3, -0.25) is 0 Å². The van der Waals surface area contributed by atoms with E-state index in [4.69, 9.17) is 4.74 Å². The largest absolute Gasteiger partial charge is 0.416 e. The van der Waals surface area contributed by atoms with Crippen molar-refractivity contribution >= 4 is 16.9 Å². The second-order valence-corrected chi connectivity index (χ2v) is 8.96. The zero-order valence-electron chi connectivity index (χ0n) is 18.7. The van der Waals surface area contributed by atoms with E-state index in [9.17, 15) is 18.3 Å². The van der Waals surface area contributed by atoms with Gasteiger partial charge in [0.25, 0.3) is 0 Å². The van der Waals surface area contributed by atoms with Crippen molar-refractivity contribution in [2.45, 2.75) is 37.7 Å². The van der Waals surface area contributed by atoms with Crippen molar-refractivity contribution < 1.29 is 23.0 Å². The number of nitrogens with zero attached hydrogens (tertiary/aromatic N) is 4. The molecule has 0 radical (unpaired) electrons. The summed E-state index contributed by atoms with van der Waals surface area (Å²) in [6.45, 7) is 3.74. The average Bonchev–Trinajstić information content (AvgIpc) is 3.26. The number of anilines is 1. The second-order valence-electron chi connectivity index (χ2n) is 8.96. The summed E-state index contributed by atoms with van der Waals surface area (Å²) in [7, 11) is 0. The molecule has 0 bridgehead atoms. The second kappa shape index (κ2) is 9.52. The third-order valence-corrected chi connectivity index (χ3v) is 6.89. The Labute approximate surface area is 195 Å². The molecule has 2 saturated heterocycles. The molecular formula is C24H28F3N5O2. The first-order valence-electron chi connectivity index (χ1n) is 11.6. The van der Waals surface area contributed by atoms with Crippen molar-refractivity contribution in [1.29, 1.82) is 0 Å². The molecule has 4 heterocycles. The maximum absolute atomic E-state index is 13.0. The number of aromatic nitrogens is 3. The van der Waals surface area contributed by atoms with Crippen LogP contribution in [0.5, 0.6) is 0 Å². The van der Waals surface area contributed by atoms with Gasteiger partial charge in [0.05, 0.1) is 36.3 Å². The fourth-order valence-electron chi connectivity index (χ4n) is 4.97. The maximum atomic E-state index is 13.0. The molecule has 0 aliphatic carbocycles. The van der Waals surface area contributed by atoms with Crippen molar-refractivity contribution in [3.8, 4) is 0 Å². The Morgan fingerprint density at radius 3 is 2.74 bits per heavy atom. The molecule has 2 aromatic heterocycles. The number of nitrogens with one attached hydrogen (secondary N) is 1. The molecule has 2 fully saturated rings. The molecule has 2 N–H and O–H groups in total. The van der Waals surface area contributed by atoms with E-state index >= 15 is 0 Å². The molecule has 7 nitrogen and oxygen atoms in total. The van der Waals surface area contributed by atoms with Gasteiger partial charge < -0.3 is 24.6 Å². The summed E-state index contributed by atoms with van der Waals surface area (Å²) < 4.78 is 46.8. The predicted octanol–water partition coefficient (Wildman–Crippen LogP) is 3.39. The van der Waals surface area contributed by atoms with Crippen LogP contribution in [-0.4, -0.2) is 58.6 Å². The van der Waals surface area contributed by atoms with Gasteiger partial charge in [-0.05, 0) is 49.1 Å². The third-order valence-electron chi connectivity index (χ3n) is 6.89. The van der Waals surface area contributed by atoms with Gasteiger partial charge in [0, 0.05) is 25.8 Å². The number of alkyl halides is 3. The molecule has 0 saturated carbocycles. The summed E-state index contributed by atoms with van der Waals surface area (Å²) in [6, 6.07) is 7.00. The van der Waals surface area contributed by atoms with Gasteiger partial charge in [-0.1, -0.05) is 12.1 Å². The number of aliphatic hydroxyl groups is 1. The van der Waals surface area contributed by atoms with Gasteiger partial charge in [0.2, 0.25) is 0 Å². The van der Waals surface area contributed by atoms with Gasteiger partial charge in [-0.25, -0.2) is 9.97 Å². The van der Waals surface area contributed by atoms with Crippen LogP contribution in [0.4, 0.5) is 19.0 Å². The zero-order valence-corrected chi connectivity index (χ0v) is 18.7. The normalized spacial score (nSPS) is 24.0. The number of benzene rings is 1. The molecule has 3 atom stereocenters. The number of fused-ring (bicyclic) bond motifs is 1. The van der Waals surface area contributed by atoms with E-state index < -0.39 is 11.7 Å². The van der Waals surface area contributed by atoms with Crippen molar-refractivity contribution in [3.05, 3.63) is 54.0 Å². The molecule has 3 aromatic rings. The summed E-state index contributed by atoms with van der Waals surface area (Å²) in [4.78, 5) is 11.2. The molecule has 5 rings (SSSR count). The number of piperidine rings is 1. The smallest absolute Gasteiger partial charge is 0.392 e. The van der Waals surface area contributed by atoms with Crippen molar-refractivity contribution in [2.24, 2.45) is 5.92 Å². The van der Waals surface area contributed by atoms with E-state index in [2.05, 4.69) is 24.8 Å². The van der Waals surface area contributed by atoms with Gasteiger partial charge in [0.1, 0.15) is 17.8 Å². The molecule has 182 valence electrons. The highest BCUT2D eigenvalue weighted by Gasteiger charge is 2.32. The number of rotatable bonds is 5. The number of morpholine rings is 1. The quantitative estimate of drug-likeness (QED) is 0.589. The van der Waals surface area contributed by atoms with Gasteiger partial charge >= 0.3 is 6.18 Å². The lowest BCUT2D eigenvalue weighted by molar-refractivity contribution is -0.137. The van der Waals surface area contributed by atoms with Gasteiger partial charge in [-0.2, -0.15) is 13.2 Å². The fraction of sp³-hybridized carbons (Fsp3) is 0.500. The molecular weight excluding hydrogens is 447 g/mol. The first-order valence-corrected chi connectivity index (χ1v) is 11.6. The number of hydrogen-bond donors (Lipinski definition) is 2. The van der Waals surface area contributed by atoms with Crippen LogP contribution in [-0.2, 0) is 17.5 Å². The molecule has 2 aliphatic heterocycles. The highest BCUT2D eigenvalue weighted by atomic mass is 19.4. The number of hydrogen-bond acceptors (Lipinski definition) is 6. The Bertz CT molecular complexity index is 1120. The van der Waals surface area contributed by atoms with E-state index in [0.717, 1.165) is 60.5 Å². The summed E-state index contributed by atoms with van der Waals surface area (Å²) >= 11 is 0. The lowest BCUT2D eigenvalue weighted by Gasteiger charge is -2.37. The fourth-order valence-corrected chi connectivity index (χ4v) is 4.97. The Balaban J connectivity index is 1.40. The van der Waals surface area contributed by atoms with Crippen LogP contribution >= 0.6 is 0 Å². The number of aryl methyl sites for hydroxylation is 1. The van der Waals surface area contributed by atoms with Crippen LogP contribution in [0.15, 0.2) is 42.9 Å². The number of ether oxygens (including phenoxy) is 1. The highest BCUT2D eigenvalue weighted by Crippen LogP contribution is 2.35. The monoisotopic (exact) mass is 475 g/mol. The average molecular weight is 476 g/mol. The molecule has 0 amide bonds. The molecule has 0 unspecified atom stereocenters. The SMILES string of the molecule is O[C@@H]1CNCC[C@H]1CCn1ccc2c(N3CCOC[C@@H]3c3ccc(C(F)(F)F)cc3)ncnc21. The van der Waals surface area contributed by atoms with Crippen LogP contribution in [0.25, 0.3) is 11.0 Å². The lowest BCUT2D eigenvalue weighted by atomic mass is 9.92. The lowest BCUT2D eigenvalue weighted by Crippen LogP contribution is -2.40. The molecule has 34 heavy (non-hydrogen) atoms. The zero-order chi connectivity index (χ0) is 23.7. The maximum Gasteiger partial charge on any atom is 0.416 e. The Morgan fingerprint density at radius 1 is 1.15 bits per heavy atom. The van der Waals surface area contributed by atoms with Crippen molar-refractivity contribution in [3.63, 3.8) is 0 Å². The minimum absolute atomic E-state index is 0.248. The Hall–Kier alpha value is -2.69. The van der Waals surface area contributed by atoms with E-state index in [1.165, 1.54) is 18.5 Å². The third kappa shape index (κ3) is 4.62. The van der Waals surface area contributed by atoms with E-state index in [1.807, 2.05) is 12.3 Å². The number of halogens is 3. The summed E-state index contributed by atoms with van der Waals surface area (Å²) in [5.41, 5.74) is 0.893. The van der Waals surface area contributed by atoms with Gasteiger partial charge in [0.15, 0.2) is 0 Å². The first kappa shape index (κ1) is 23.1. The van der Waals surface area contributed by atoms with Crippen LogP contribution < -0.4 is 10.2 Å². The summed E-state index contributed by atoms with van der Waals surface area (Å²) in [5, 5.41) is 14.4. The van der Waals surface area contributed by atoms with Crippen molar-refractivity contribution in [1.82, 2.24) is 19.9 Å².